The normalized spacial score (nSPS) is 15.0. The molecule has 1 unspecified atom stereocenters. The predicted molar refractivity (Wildman–Crippen MR) is 87.6 cm³/mol. The average molecular weight is 280 g/mol. The Hall–Kier alpha value is -1.60. The van der Waals surface area contributed by atoms with Crippen LogP contribution < -0.4 is 0 Å². The fourth-order valence-corrected chi connectivity index (χ4v) is 3.20. The van der Waals surface area contributed by atoms with Gasteiger partial charge < -0.3 is 5.11 Å². The third kappa shape index (κ3) is 3.19. The van der Waals surface area contributed by atoms with Crippen LogP contribution in [0.3, 0.4) is 0 Å². The second-order valence-corrected chi connectivity index (χ2v) is 6.13. The van der Waals surface area contributed by atoms with Crippen molar-refractivity contribution in [3.8, 4) is 0 Å². The first kappa shape index (κ1) is 14.3. The van der Waals surface area contributed by atoms with Crippen molar-refractivity contribution in [1.82, 2.24) is 0 Å². The Morgan fingerprint density at radius 2 is 1.67 bits per heavy atom. The monoisotopic (exact) mass is 280 g/mol. The van der Waals surface area contributed by atoms with Crippen molar-refractivity contribution in [1.29, 1.82) is 0 Å². The number of hydrogen-bond donors (Lipinski definition) is 1. The first-order chi connectivity index (χ1) is 10.3. The molecule has 1 aliphatic rings. The van der Waals surface area contributed by atoms with Gasteiger partial charge in [-0.25, -0.2) is 0 Å². The Morgan fingerprint density at radius 1 is 0.952 bits per heavy atom. The summed E-state index contributed by atoms with van der Waals surface area (Å²) < 4.78 is 0. The third-order valence-corrected chi connectivity index (χ3v) is 4.55. The molecule has 0 spiro atoms. The summed E-state index contributed by atoms with van der Waals surface area (Å²) in [5.41, 5.74) is 6.26. The standard InChI is InChI=1S/C20H24O/c1-2-3-5-15-8-10-17(11-9-15)20(21)19-13-12-16-6-4-7-18(16)14-19/h8-14,20-21H,2-7H2,1H3. The number of hydrogen-bond acceptors (Lipinski definition) is 1. The number of rotatable bonds is 5. The van der Waals surface area contributed by atoms with E-state index in [1.165, 1.54) is 42.4 Å². The van der Waals surface area contributed by atoms with Gasteiger partial charge >= 0.3 is 0 Å². The smallest absolute Gasteiger partial charge is 0.104 e. The second-order valence-electron chi connectivity index (χ2n) is 6.13. The van der Waals surface area contributed by atoms with Gasteiger partial charge in [-0.3, -0.25) is 0 Å². The minimum Gasteiger partial charge on any atom is -0.384 e. The lowest BCUT2D eigenvalue weighted by molar-refractivity contribution is 0.220. The molecule has 0 aliphatic heterocycles. The molecule has 2 aromatic carbocycles. The van der Waals surface area contributed by atoms with Gasteiger partial charge in [-0.05, 0) is 59.9 Å². The van der Waals surface area contributed by atoms with Crippen molar-refractivity contribution in [2.24, 2.45) is 0 Å². The zero-order chi connectivity index (χ0) is 14.7. The average Bonchev–Trinajstić information content (AvgIpc) is 3.00. The molecule has 1 aliphatic carbocycles. The molecule has 21 heavy (non-hydrogen) atoms. The molecule has 1 N–H and O–H groups in total. The van der Waals surface area contributed by atoms with E-state index >= 15 is 0 Å². The molecule has 0 aromatic heterocycles. The summed E-state index contributed by atoms with van der Waals surface area (Å²) >= 11 is 0. The third-order valence-electron chi connectivity index (χ3n) is 4.55. The summed E-state index contributed by atoms with van der Waals surface area (Å²) in [4.78, 5) is 0. The van der Waals surface area contributed by atoms with E-state index in [1.54, 1.807) is 0 Å². The summed E-state index contributed by atoms with van der Waals surface area (Å²) in [7, 11) is 0. The fourth-order valence-electron chi connectivity index (χ4n) is 3.20. The Labute approximate surface area is 127 Å². The van der Waals surface area contributed by atoms with Crippen LogP contribution in [-0.2, 0) is 19.3 Å². The van der Waals surface area contributed by atoms with Crippen LogP contribution in [-0.4, -0.2) is 5.11 Å². The minimum absolute atomic E-state index is 0.504. The molecule has 0 radical (unpaired) electrons. The lowest BCUT2D eigenvalue weighted by Crippen LogP contribution is -2.01. The van der Waals surface area contributed by atoms with Gasteiger partial charge in [-0.1, -0.05) is 55.8 Å². The SMILES string of the molecule is CCCCc1ccc(C(O)c2ccc3c(c2)CCC3)cc1. The van der Waals surface area contributed by atoms with Crippen molar-refractivity contribution in [2.45, 2.75) is 51.6 Å². The Morgan fingerprint density at radius 3 is 2.43 bits per heavy atom. The van der Waals surface area contributed by atoms with E-state index in [4.69, 9.17) is 0 Å². The number of benzene rings is 2. The summed E-state index contributed by atoms with van der Waals surface area (Å²) in [6.07, 6.45) is 6.68. The van der Waals surface area contributed by atoms with E-state index < -0.39 is 6.10 Å². The van der Waals surface area contributed by atoms with E-state index in [-0.39, 0.29) is 0 Å². The van der Waals surface area contributed by atoms with Gasteiger partial charge in [0.05, 0.1) is 0 Å². The summed E-state index contributed by atoms with van der Waals surface area (Å²) in [5.74, 6) is 0. The maximum absolute atomic E-state index is 10.6. The Kier molecular flexibility index (Phi) is 4.40. The van der Waals surface area contributed by atoms with Crippen molar-refractivity contribution < 1.29 is 5.11 Å². The van der Waals surface area contributed by atoms with Crippen LogP contribution in [0.5, 0.6) is 0 Å². The Balaban J connectivity index is 1.76. The van der Waals surface area contributed by atoms with E-state index in [0.717, 1.165) is 24.0 Å². The maximum atomic E-state index is 10.6. The molecule has 0 amide bonds. The zero-order valence-electron chi connectivity index (χ0n) is 12.8. The zero-order valence-corrected chi connectivity index (χ0v) is 12.8. The maximum Gasteiger partial charge on any atom is 0.104 e. The first-order valence-corrected chi connectivity index (χ1v) is 8.16. The van der Waals surface area contributed by atoms with Crippen molar-refractivity contribution in [3.05, 3.63) is 70.3 Å². The molecule has 0 saturated heterocycles. The van der Waals surface area contributed by atoms with Gasteiger partial charge in [-0.2, -0.15) is 0 Å². The quantitative estimate of drug-likeness (QED) is 0.848. The van der Waals surface area contributed by atoms with E-state index in [0.29, 0.717) is 0 Å². The van der Waals surface area contributed by atoms with Gasteiger partial charge in [0.2, 0.25) is 0 Å². The molecule has 0 fully saturated rings. The molecular formula is C20H24O. The topological polar surface area (TPSA) is 20.2 Å². The van der Waals surface area contributed by atoms with Gasteiger partial charge in [0, 0.05) is 0 Å². The van der Waals surface area contributed by atoms with Gasteiger partial charge in [-0.15, -0.1) is 0 Å². The largest absolute Gasteiger partial charge is 0.384 e. The molecule has 0 heterocycles. The fraction of sp³-hybridized carbons (Fsp3) is 0.400. The molecule has 1 atom stereocenters. The van der Waals surface area contributed by atoms with Crippen LogP contribution in [0, 0.1) is 0 Å². The molecule has 0 saturated carbocycles. The van der Waals surface area contributed by atoms with Gasteiger partial charge in [0.1, 0.15) is 6.10 Å². The van der Waals surface area contributed by atoms with Crippen molar-refractivity contribution in [2.75, 3.05) is 0 Å². The number of unbranched alkanes of at least 4 members (excludes halogenated alkanes) is 1. The van der Waals surface area contributed by atoms with Crippen LogP contribution in [0.1, 0.15) is 60.1 Å². The molecule has 1 nitrogen and oxygen atoms in total. The Bertz CT molecular complexity index is 598. The number of aryl methyl sites for hydroxylation is 3. The predicted octanol–water partition coefficient (Wildman–Crippen LogP) is 4.60. The minimum atomic E-state index is -0.504. The number of fused-ring (bicyclic) bond motifs is 1. The lowest BCUT2D eigenvalue weighted by atomic mass is 9.96. The summed E-state index contributed by atoms with van der Waals surface area (Å²) in [6.45, 7) is 2.21. The molecule has 1 heteroatoms. The number of aliphatic hydroxyl groups excluding tert-OH is 1. The summed E-state index contributed by atoms with van der Waals surface area (Å²) in [5, 5.41) is 10.6. The van der Waals surface area contributed by atoms with Crippen LogP contribution in [0.4, 0.5) is 0 Å². The summed E-state index contributed by atoms with van der Waals surface area (Å²) in [6, 6.07) is 14.9. The lowest BCUT2D eigenvalue weighted by Gasteiger charge is -2.14. The molecule has 2 aromatic rings. The number of aliphatic hydroxyl groups is 1. The van der Waals surface area contributed by atoms with Crippen LogP contribution >= 0.6 is 0 Å². The molecule has 0 bridgehead atoms. The highest BCUT2D eigenvalue weighted by Gasteiger charge is 2.15. The second kappa shape index (κ2) is 6.44. The van der Waals surface area contributed by atoms with Gasteiger partial charge in [0.25, 0.3) is 0 Å². The molecule has 110 valence electrons. The van der Waals surface area contributed by atoms with E-state index in [2.05, 4.69) is 49.4 Å². The van der Waals surface area contributed by atoms with Crippen LogP contribution in [0.2, 0.25) is 0 Å². The van der Waals surface area contributed by atoms with Gasteiger partial charge in [0.15, 0.2) is 0 Å². The van der Waals surface area contributed by atoms with Crippen molar-refractivity contribution in [3.63, 3.8) is 0 Å². The van der Waals surface area contributed by atoms with Crippen LogP contribution in [0.25, 0.3) is 0 Å². The molecular weight excluding hydrogens is 256 g/mol. The highest BCUT2D eigenvalue weighted by atomic mass is 16.3. The van der Waals surface area contributed by atoms with Crippen molar-refractivity contribution >= 4 is 0 Å². The first-order valence-electron chi connectivity index (χ1n) is 8.16. The van der Waals surface area contributed by atoms with Crippen LogP contribution in [0.15, 0.2) is 42.5 Å². The van der Waals surface area contributed by atoms with E-state index in [1.807, 2.05) is 0 Å². The highest BCUT2D eigenvalue weighted by molar-refractivity contribution is 5.39. The van der Waals surface area contributed by atoms with E-state index in [9.17, 15) is 5.11 Å². The molecule has 3 rings (SSSR count). The highest BCUT2D eigenvalue weighted by Crippen LogP contribution is 2.28.